The molecule has 1 aliphatic rings. The Kier molecular flexibility index (Phi) is 3.98. The van der Waals surface area contributed by atoms with Gasteiger partial charge in [-0.1, -0.05) is 18.5 Å². The van der Waals surface area contributed by atoms with Crippen LogP contribution in [0.25, 0.3) is 0 Å². The molecule has 0 spiro atoms. The average molecular weight is 364 g/mol. The molecule has 2 atom stereocenters. The predicted molar refractivity (Wildman–Crippen MR) is 79.8 cm³/mol. The molecule has 2 nitrogen and oxygen atoms in total. The van der Waals surface area contributed by atoms with Gasteiger partial charge >= 0.3 is 0 Å². The number of ketones is 1. The molecule has 0 amide bonds. The molecule has 0 bridgehead atoms. The van der Waals surface area contributed by atoms with E-state index in [-0.39, 0.29) is 12.0 Å². The Bertz CT molecular complexity index is 449. The van der Waals surface area contributed by atoms with Crippen LogP contribution >= 0.6 is 34.2 Å². The van der Waals surface area contributed by atoms with E-state index in [1.165, 1.54) is 0 Å². The van der Waals surface area contributed by atoms with Gasteiger partial charge in [0.15, 0.2) is 0 Å². The van der Waals surface area contributed by atoms with Crippen LogP contribution < -0.4 is 4.90 Å². The summed E-state index contributed by atoms with van der Waals surface area (Å²) in [5.41, 5.74) is 1.04. The first-order valence-corrected chi connectivity index (χ1v) is 7.21. The maximum Gasteiger partial charge on any atom is 0.139 e. The largest absolute Gasteiger partial charge is 0.366 e. The number of benzene rings is 1. The molecule has 0 aromatic heterocycles. The van der Waals surface area contributed by atoms with Crippen molar-refractivity contribution in [2.45, 2.75) is 26.3 Å². The number of carbonyl (C=O) groups excluding carboxylic acids is 1. The molecule has 0 radical (unpaired) electrons. The summed E-state index contributed by atoms with van der Waals surface area (Å²) in [5.74, 6) is 0.439. The minimum atomic E-state index is 0.0825. The number of piperidine rings is 1. The average Bonchev–Trinajstić information content (AvgIpc) is 2.28. The third-order valence-electron chi connectivity index (χ3n) is 3.54. The van der Waals surface area contributed by atoms with Gasteiger partial charge in [-0.25, -0.2) is 0 Å². The van der Waals surface area contributed by atoms with E-state index in [2.05, 4.69) is 40.5 Å². The summed E-state index contributed by atoms with van der Waals surface area (Å²) in [6, 6.07) is 6.28. The highest BCUT2D eigenvalue weighted by Gasteiger charge is 2.31. The number of hydrogen-bond acceptors (Lipinski definition) is 2. The number of Topliss-reactive ketones (excluding diaryl/α,β-unsaturated/α-hetero) is 1. The second-order valence-corrected chi connectivity index (χ2v) is 6.19. The standard InChI is InChI=1S/C13H15ClINO/c1-8-9(2)16(6-5-13(8)17)12-4-3-10(15)7-11(12)14/h3-4,7-9H,5-6H2,1-2H3. The van der Waals surface area contributed by atoms with Crippen LogP contribution in [-0.2, 0) is 4.79 Å². The Hall–Kier alpha value is -0.290. The van der Waals surface area contributed by atoms with Crippen molar-refractivity contribution in [3.8, 4) is 0 Å². The molecule has 2 rings (SSSR count). The van der Waals surface area contributed by atoms with Gasteiger partial charge in [-0.2, -0.15) is 0 Å². The van der Waals surface area contributed by atoms with Gasteiger partial charge in [0, 0.05) is 28.5 Å². The van der Waals surface area contributed by atoms with Gasteiger partial charge in [0.25, 0.3) is 0 Å². The Morgan fingerprint density at radius 1 is 1.41 bits per heavy atom. The van der Waals surface area contributed by atoms with E-state index in [4.69, 9.17) is 11.6 Å². The van der Waals surface area contributed by atoms with Crippen LogP contribution in [0.2, 0.25) is 5.02 Å². The molecule has 0 saturated carbocycles. The summed E-state index contributed by atoms with van der Waals surface area (Å²) in [6.07, 6.45) is 0.619. The maximum atomic E-state index is 11.7. The molecule has 1 aliphatic heterocycles. The van der Waals surface area contributed by atoms with Crippen molar-refractivity contribution in [3.63, 3.8) is 0 Å². The van der Waals surface area contributed by atoms with Crippen LogP contribution in [0.4, 0.5) is 5.69 Å². The third kappa shape index (κ3) is 2.60. The lowest BCUT2D eigenvalue weighted by molar-refractivity contribution is -0.123. The van der Waals surface area contributed by atoms with Crippen molar-refractivity contribution in [1.29, 1.82) is 0 Å². The fourth-order valence-electron chi connectivity index (χ4n) is 2.25. The zero-order chi connectivity index (χ0) is 12.6. The van der Waals surface area contributed by atoms with Crippen molar-refractivity contribution in [2.75, 3.05) is 11.4 Å². The van der Waals surface area contributed by atoms with Gasteiger partial charge < -0.3 is 4.90 Å². The molecule has 92 valence electrons. The zero-order valence-electron chi connectivity index (χ0n) is 9.91. The van der Waals surface area contributed by atoms with Gasteiger partial charge in [0.1, 0.15) is 5.78 Å². The van der Waals surface area contributed by atoms with E-state index in [0.717, 1.165) is 20.8 Å². The van der Waals surface area contributed by atoms with E-state index in [1.54, 1.807) is 0 Å². The highest BCUT2D eigenvalue weighted by molar-refractivity contribution is 14.1. The summed E-state index contributed by atoms with van der Waals surface area (Å²) < 4.78 is 1.13. The lowest BCUT2D eigenvalue weighted by atomic mass is 9.90. The first-order valence-electron chi connectivity index (χ1n) is 5.75. The van der Waals surface area contributed by atoms with E-state index in [0.29, 0.717) is 12.2 Å². The number of carbonyl (C=O) groups is 1. The van der Waals surface area contributed by atoms with Crippen LogP contribution in [0.1, 0.15) is 20.3 Å². The van der Waals surface area contributed by atoms with E-state index >= 15 is 0 Å². The second-order valence-electron chi connectivity index (χ2n) is 4.53. The molecule has 0 aliphatic carbocycles. The Balaban J connectivity index is 2.31. The van der Waals surface area contributed by atoms with Crippen molar-refractivity contribution >= 4 is 45.7 Å². The molecular formula is C13H15ClINO. The first-order chi connectivity index (χ1) is 8.00. The number of nitrogens with zero attached hydrogens (tertiary/aromatic N) is 1. The second kappa shape index (κ2) is 5.14. The van der Waals surface area contributed by atoms with E-state index in [9.17, 15) is 4.79 Å². The molecule has 2 unspecified atom stereocenters. The van der Waals surface area contributed by atoms with Crippen LogP contribution in [-0.4, -0.2) is 18.4 Å². The van der Waals surface area contributed by atoms with Crippen LogP contribution in [0.5, 0.6) is 0 Å². The monoisotopic (exact) mass is 363 g/mol. The lowest BCUT2D eigenvalue weighted by Crippen LogP contribution is -2.47. The molecule has 1 aromatic rings. The predicted octanol–water partition coefficient (Wildman–Crippen LogP) is 3.75. The summed E-state index contributed by atoms with van der Waals surface area (Å²) >= 11 is 8.53. The van der Waals surface area contributed by atoms with E-state index in [1.807, 2.05) is 19.1 Å². The van der Waals surface area contributed by atoms with Crippen LogP contribution in [0, 0.1) is 9.49 Å². The van der Waals surface area contributed by atoms with Crippen LogP contribution in [0.15, 0.2) is 18.2 Å². The number of rotatable bonds is 1. The molecule has 0 N–H and O–H groups in total. The van der Waals surface area contributed by atoms with Gasteiger partial charge in [-0.3, -0.25) is 4.79 Å². The summed E-state index contributed by atoms with van der Waals surface area (Å²) in [7, 11) is 0. The molecule has 17 heavy (non-hydrogen) atoms. The SMILES string of the molecule is CC1C(=O)CCN(c2ccc(I)cc2Cl)C1C. The Labute approximate surface area is 120 Å². The van der Waals surface area contributed by atoms with Crippen molar-refractivity contribution < 1.29 is 4.79 Å². The van der Waals surface area contributed by atoms with Gasteiger partial charge in [0.05, 0.1) is 10.7 Å². The highest BCUT2D eigenvalue weighted by atomic mass is 127. The number of halogens is 2. The maximum absolute atomic E-state index is 11.7. The first kappa shape index (κ1) is 13.1. The molecular weight excluding hydrogens is 349 g/mol. The minimum Gasteiger partial charge on any atom is -0.366 e. The van der Waals surface area contributed by atoms with Crippen molar-refractivity contribution in [2.24, 2.45) is 5.92 Å². The lowest BCUT2D eigenvalue weighted by Gasteiger charge is -2.39. The Morgan fingerprint density at radius 3 is 2.76 bits per heavy atom. The van der Waals surface area contributed by atoms with Crippen LogP contribution in [0.3, 0.4) is 0 Å². The Morgan fingerprint density at radius 2 is 2.12 bits per heavy atom. The fraction of sp³-hybridized carbons (Fsp3) is 0.462. The molecule has 1 aromatic carbocycles. The minimum absolute atomic E-state index is 0.0825. The quantitative estimate of drug-likeness (QED) is 0.708. The topological polar surface area (TPSA) is 20.3 Å². The van der Waals surface area contributed by atoms with Gasteiger partial charge in [0.2, 0.25) is 0 Å². The summed E-state index contributed by atoms with van der Waals surface area (Å²) in [6.45, 7) is 4.86. The number of anilines is 1. The number of hydrogen-bond donors (Lipinski definition) is 0. The molecule has 1 fully saturated rings. The third-order valence-corrected chi connectivity index (χ3v) is 4.52. The highest BCUT2D eigenvalue weighted by Crippen LogP contribution is 2.33. The molecule has 1 saturated heterocycles. The summed E-state index contributed by atoms with van der Waals surface area (Å²) in [5, 5.41) is 0.769. The van der Waals surface area contributed by atoms with E-state index < -0.39 is 0 Å². The van der Waals surface area contributed by atoms with Gasteiger partial charge in [-0.05, 0) is 47.7 Å². The smallest absolute Gasteiger partial charge is 0.139 e. The molecule has 4 heteroatoms. The van der Waals surface area contributed by atoms with Gasteiger partial charge in [-0.15, -0.1) is 0 Å². The molecule has 1 heterocycles. The zero-order valence-corrected chi connectivity index (χ0v) is 12.8. The van der Waals surface area contributed by atoms with Crippen molar-refractivity contribution in [1.82, 2.24) is 0 Å². The van der Waals surface area contributed by atoms with Crippen molar-refractivity contribution in [3.05, 3.63) is 26.8 Å². The summed E-state index contributed by atoms with van der Waals surface area (Å²) in [4.78, 5) is 13.9. The normalized spacial score (nSPS) is 25.2. The fourth-order valence-corrected chi connectivity index (χ4v) is 3.22.